The number of aromatic nitrogens is 5. The Bertz CT molecular complexity index is 1570. The molecule has 1 aromatic carbocycles. The van der Waals surface area contributed by atoms with Gasteiger partial charge in [0.05, 0.1) is 11.2 Å². The number of benzene rings is 1. The molecule has 14 heteroatoms. The van der Waals surface area contributed by atoms with Crippen molar-refractivity contribution < 1.29 is 18.3 Å². The Balaban J connectivity index is 1.79. The maximum absolute atomic E-state index is 13.5. The molecule has 4 aromatic rings. The van der Waals surface area contributed by atoms with Crippen LogP contribution < -0.4 is 25.6 Å². The van der Waals surface area contributed by atoms with E-state index in [4.69, 9.17) is 10.5 Å². The zero-order valence-electron chi connectivity index (χ0n) is 23.5. The molecular weight excluding hydrogens is 534 g/mol. The van der Waals surface area contributed by atoms with Gasteiger partial charge in [-0.2, -0.15) is 13.8 Å². The van der Waals surface area contributed by atoms with Crippen LogP contribution in [0.2, 0.25) is 0 Å². The molecule has 0 atom stereocenters. The third-order valence-electron chi connectivity index (χ3n) is 6.18. The lowest BCUT2D eigenvalue weighted by Crippen LogP contribution is -2.29. The van der Waals surface area contributed by atoms with Gasteiger partial charge >= 0.3 is 6.61 Å². The Morgan fingerprint density at radius 2 is 1.88 bits per heavy atom. The highest BCUT2D eigenvalue weighted by Crippen LogP contribution is 2.38. The molecule has 3 N–H and O–H groups in total. The largest absolute Gasteiger partial charge is 0.433 e. The summed E-state index contributed by atoms with van der Waals surface area (Å²) in [5.41, 5.74) is 7.83. The predicted octanol–water partition coefficient (Wildman–Crippen LogP) is 3.12. The Morgan fingerprint density at radius 3 is 2.54 bits per heavy atom. The monoisotopic (exact) mass is 566 g/mol. The molecule has 12 nitrogen and oxygen atoms in total. The number of primary amides is 1. The molecule has 0 saturated heterocycles. The van der Waals surface area contributed by atoms with Gasteiger partial charge in [0.1, 0.15) is 5.52 Å². The Labute approximate surface area is 236 Å². The molecule has 0 aliphatic rings. The second-order valence-electron chi connectivity index (χ2n) is 9.68. The second-order valence-corrected chi connectivity index (χ2v) is 9.68. The molecule has 0 aliphatic heterocycles. The summed E-state index contributed by atoms with van der Waals surface area (Å²) in [5, 5.41) is 7.60. The maximum atomic E-state index is 13.5. The van der Waals surface area contributed by atoms with E-state index in [1.165, 1.54) is 18.3 Å². The smallest absolute Gasteiger partial charge is 0.387 e. The summed E-state index contributed by atoms with van der Waals surface area (Å²) in [6.07, 6.45) is 3.18. The van der Waals surface area contributed by atoms with Crippen molar-refractivity contribution in [3.63, 3.8) is 0 Å². The first-order chi connectivity index (χ1) is 19.5. The van der Waals surface area contributed by atoms with Gasteiger partial charge in [-0.05, 0) is 32.3 Å². The number of alkyl halides is 2. The first-order valence-corrected chi connectivity index (χ1v) is 12.6. The van der Waals surface area contributed by atoms with Crippen LogP contribution in [0.15, 0.2) is 49.3 Å². The average molecular weight is 567 g/mol. The molecule has 0 bridgehead atoms. The third kappa shape index (κ3) is 6.49. The number of amides is 1. The fourth-order valence-corrected chi connectivity index (χ4v) is 4.08. The number of nitrogens with two attached hydrogens (primary N) is 1. The van der Waals surface area contributed by atoms with E-state index in [1.54, 1.807) is 30.1 Å². The number of likely N-dealkylation sites (N-methyl/N-ethyl adjacent to an activating group) is 2. The van der Waals surface area contributed by atoms with Crippen LogP contribution in [0, 0.1) is 0 Å². The van der Waals surface area contributed by atoms with Crippen LogP contribution in [0.25, 0.3) is 22.4 Å². The minimum absolute atomic E-state index is 0.00439. The van der Waals surface area contributed by atoms with Crippen LogP contribution in [0.3, 0.4) is 0 Å². The molecule has 3 aromatic heterocycles. The van der Waals surface area contributed by atoms with E-state index in [1.807, 2.05) is 49.0 Å². The van der Waals surface area contributed by atoms with Crippen LogP contribution >= 0.6 is 0 Å². The summed E-state index contributed by atoms with van der Waals surface area (Å²) in [7, 11) is 9.31. The molecule has 0 fully saturated rings. The van der Waals surface area contributed by atoms with Crippen LogP contribution in [-0.2, 0) is 4.79 Å². The van der Waals surface area contributed by atoms with Gasteiger partial charge in [-0.15, -0.1) is 5.10 Å². The van der Waals surface area contributed by atoms with E-state index in [0.29, 0.717) is 47.0 Å². The van der Waals surface area contributed by atoms with Gasteiger partial charge in [-0.25, -0.2) is 9.67 Å². The first kappa shape index (κ1) is 29.1. The highest BCUT2D eigenvalue weighted by atomic mass is 19.3. The molecular formula is C27H32F2N10O2. The lowest BCUT2D eigenvalue weighted by Gasteiger charge is -2.26. The summed E-state index contributed by atoms with van der Waals surface area (Å²) < 4.78 is 33.5. The number of carbonyl (C=O) groups excluding carboxylic acids is 1. The van der Waals surface area contributed by atoms with Crippen molar-refractivity contribution in [1.29, 1.82) is 0 Å². The predicted molar refractivity (Wildman–Crippen MR) is 155 cm³/mol. The highest BCUT2D eigenvalue weighted by molar-refractivity contribution is 6.19. The van der Waals surface area contributed by atoms with Crippen molar-refractivity contribution in [2.24, 2.45) is 5.73 Å². The van der Waals surface area contributed by atoms with E-state index >= 15 is 0 Å². The normalized spacial score (nSPS) is 11.2. The van der Waals surface area contributed by atoms with E-state index < -0.39 is 12.5 Å². The van der Waals surface area contributed by atoms with Crippen LogP contribution in [0.4, 0.5) is 31.9 Å². The number of carbonyl (C=O) groups is 1. The molecule has 1 amide bonds. The van der Waals surface area contributed by atoms with Crippen LogP contribution in [0.1, 0.15) is 5.56 Å². The number of hydrogen-bond acceptors (Lipinski definition) is 10. The minimum Gasteiger partial charge on any atom is -0.433 e. The number of hydrogen-bond donors (Lipinski definition) is 2. The summed E-state index contributed by atoms with van der Waals surface area (Å²) >= 11 is 0. The van der Waals surface area contributed by atoms with Gasteiger partial charge in [-0.3, -0.25) is 9.78 Å². The van der Waals surface area contributed by atoms with Gasteiger partial charge < -0.3 is 30.5 Å². The lowest BCUT2D eigenvalue weighted by atomic mass is 10.0. The topological polar surface area (TPSA) is 131 Å². The molecule has 0 unspecified atom stereocenters. The fraction of sp³-hybridized carbons (Fsp3) is 0.296. The first-order valence-electron chi connectivity index (χ1n) is 12.6. The molecule has 3 heterocycles. The van der Waals surface area contributed by atoms with E-state index in [9.17, 15) is 13.6 Å². The standard InChI is InChI=1S/C27H32F2N10O2/c1-16(24(30)40)17-14-18(21(41-26(28)29)15-20(17)38(6)13-12-36(2)3)33-27-32-11-9-22(34-27)39-19-8-7-10-31-23(19)25(35-39)37(4)5/h7-11,14-15,26H,1,12-13H2,2-6H3,(H2,30,40)(H,32,33,34). The number of fused-ring (bicyclic) bond motifs is 1. The summed E-state index contributed by atoms with van der Waals surface area (Å²) in [6.45, 7) is 1.90. The van der Waals surface area contributed by atoms with Crippen molar-refractivity contribution in [3.05, 3.63) is 54.9 Å². The van der Waals surface area contributed by atoms with Crippen molar-refractivity contribution >= 4 is 45.7 Å². The number of nitrogens with zero attached hydrogens (tertiary/aromatic N) is 8. The molecule has 0 aliphatic carbocycles. The number of nitrogens with one attached hydrogen (secondary N) is 1. The van der Waals surface area contributed by atoms with Crippen molar-refractivity contribution in [2.45, 2.75) is 6.61 Å². The van der Waals surface area contributed by atoms with Crippen molar-refractivity contribution in [3.8, 4) is 11.6 Å². The van der Waals surface area contributed by atoms with Crippen LogP contribution in [0.5, 0.6) is 5.75 Å². The van der Waals surface area contributed by atoms with Gasteiger partial charge in [-0.1, -0.05) is 6.58 Å². The fourth-order valence-electron chi connectivity index (χ4n) is 4.08. The van der Waals surface area contributed by atoms with Crippen molar-refractivity contribution in [1.82, 2.24) is 29.6 Å². The highest BCUT2D eigenvalue weighted by Gasteiger charge is 2.22. The zero-order chi connectivity index (χ0) is 29.8. The zero-order valence-corrected chi connectivity index (χ0v) is 23.5. The molecule has 0 spiro atoms. The van der Waals surface area contributed by atoms with E-state index in [2.05, 4.69) is 31.9 Å². The quantitative estimate of drug-likeness (QED) is 0.247. The Hall–Kier alpha value is -4.85. The van der Waals surface area contributed by atoms with Gasteiger partial charge in [0.15, 0.2) is 17.4 Å². The SMILES string of the molecule is C=C(C(N)=O)c1cc(Nc2nccc(-n3nc(N(C)C)c4ncccc43)n2)c(OC(F)F)cc1N(C)CCN(C)C. The molecule has 0 radical (unpaired) electrons. The van der Waals surface area contributed by atoms with Crippen LogP contribution in [-0.4, -0.2) is 90.5 Å². The average Bonchev–Trinajstić information content (AvgIpc) is 3.32. The second kappa shape index (κ2) is 12.1. The Morgan fingerprint density at radius 1 is 1.12 bits per heavy atom. The third-order valence-corrected chi connectivity index (χ3v) is 6.18. The summed E-state index contributed by atoms with van der Waals surface area (Å²) in [6, 6.07) is 8.19. The maximum Gasteiger partial charge on any atom is 0.387 e. The minimum atomic E-state index is -3.11. The van der Waals surface area contributed by atoms with Crippen molar-refractivity contribution in [2.75, 3.05) is 63.4 Å². The summed E-state index contributed by atoms with van der Waals surface area (Å²) in [5.74, 6) is 0.196. The van der Waals surface area contributed by atoms with Gasteiger partial charge in [0, 0.05) is 75.6 Å². The summed E-state index contributed by atoms with van der Waals surface area (Å²) in [4.78, 5) is 31.0. The molecule has 0 saturated carbocycles. The lowest BCUT2D eigenvalue weighted by molar-refractivity contribution is -0.112. The van der Waals surface area contributed by atoms with E-state index in [0.717, 1.165) is 0 Å². The van der Waals surface area contributed by atoms with Gasteiger partial charge in [0.2, 0.25) is 11.9 Å². The number of rotatable bonds is 12. The molecule has 41 heavy (non-hydrogen) atoms. The number of pyridine rings is 1. The van der Waals surface area contributed by atoms with Gasteiger partial charge in [0.25, 0.3) is 0 Å². The molecule has 4 rings (SSSR count). The number of halogens is 2. The Kier molecular flexibility index (Phi) is 8.62. The van der Waals surface area contributed by atoms with E-state index in [-0.39, 0.29) is 23.0 Å². The number of anilines is 4. The number of ether oxygens (including phenoxy) is 1. The molecule has 216 valence electrons.